The molecule has 102 valence electrons. The third kappa shape index (κ3) is 2.59. The molecule has 4 heteroatoms. The Morgan fingerprint density at radius 3 is 2.56 bits per heavy atom. The van der Waals surface area contributed by atoms with Crippen LogP contribution in [0.1, 0.15) is 49.2 Å². The fourth-order valence-electron chi connectivity index (χ4n) is 2.82. The minimum Gasteiger partial charge on any atom is -0.396 e. The van der Waals surface area contributed by atoms with Gasteiger partial charge in [0.2, 0.25) is 0 Å². The maximum absolute atomic E-state index is 9.07. The van der Waals surface area contributed by atoms with Crippen LogP contribution in [0.2, 0.25) is 0 Å². The molecule has 0 spiro atoms. The van der Waals surface area contributed by atoms with Gasteiger partial charge in [-0.25, -0.2) is 0 Å². The predicted molar refractivity (Wildman–Crippen MR) is 72.5 cm³/mol. The Bertz CT molecular complexity index is 421. The number of aromatic nitrogens is 2. The second kappa shape index (κ2) is 5.02. The van der Waals surface area contributed by atoms with Crippen LogP contribution in [0.4, 0.5) is 0 Å². The molecule has 0 aliphatic heterocycles. The zero-order chi connectivity index (χ0) is 13.3. The van der Waals surface area contributed by atoms with Crippen LogP contribution in [0.15, 0.2) is 0 Å². The van der Waals surface area contributed by atoms with E-state index in [-0.39, 0.29) is 0 Å². The van der Waals surface area contributed by atoms with Crippen molar-refractivity contribution in [2.75, 3.05) is 13.2 Å². The Morgan fingerprint density at radius 1 is 1.44 bits per heavy atom. The summed E-state index contributed by atoms with van der Waals surface area (Å²) in [5, 5.41) is 17.2. The first-order valence-corrected chi connectivity index (χ1v) is 6.83. The van der Waals surface area contributed by atoms with E-state index in [2.05, 4.69) is 31.2 Å². The van der Waals surface area contributed by atoms with Gasteiger partial charge in [0.15, 0.2) is 0 Å². The van der Waals surface area contributed by atoms with Crippen molar-refractivity contribution < 1.29 is 5.11 Å². The molecule has 0 radical (unpaired) electrons. The molecule has 1 saturated carbocycles. The first-order chi connectivity index (χ1) is 8.49. The molecule has 1 aliphatic carbocycles. The van der Waals surface area contributed by atoms with E-state index >= 15 is 0 Å². The van der Waals surface area contributed by atoms with Crippen molar-refractivity contribution in [1.29, 1.82) is 0 Å². The largest absolute Gasteiger partial charge is 0.396 e. The SMILES string of the molecule is Cc1nn(C)c(C)c1C(C)NCC1(CCO)CC1. The average Bonchev–Trinajstić information content (AvgIpc) is 3.02. The van der Waals surface area contributed by atoms with E-state index in [1.54, 1.807) is 0 Å². The minimum absolute atomic E-state index is 0.307. The topological polar surface area (TPSA) is 50.1 Å². The van der Waals surface area contributed by atoms with Crippen molar-refractivity contribution in [3.05, 3.63) is 17.0 Å². The lowest BCUT2D eigenvalue weighted by Crippen LogP contribution is -2.28. The van der Waals surface area contributed by atoms with Gasteiger partial charge in [0.05, 0.1) is 5.69 Å². The van der Waals surface area contributed by atoms with Crippen LogP contribution in [0, 0.1) is 19.3 Å². The predicted octanol–water partition coefficient (Wildman–Crippen LogP) is 1.85. The van der Waals surface area contributed by atoms with Crippen LogP contribution < -0.4 is 5.32 Å². The fraction of sp³-hybridized carbons (Fsp3) is 0.786. The summed E-state index contributed by atoms with van der Waals surface area (Å²) in [6.45, 7) is 7.70. The molecule has 1 atom stereocenters. The number of aryl methyl sites for hydroxylation is 2. The second-order valence-corrected chi connectivity index (χ2v) is 5.78. The highest BCUT2D eigenvalue weighted by Crippen LogP contribution is 2.48. The maximum atomic E-state index is 9.07. The van der Waals surface area contributed by atoms with E-state index in [1.165, 1.54) is 24.1 Å². The number of rotatable bonds is 6. The summed E-state index contributed by atoms with van der Waals surface area (Å²) < 4.78 is 1.95. The second-order valence-electron chi connectivity index (χ2n) is 5.78. The monoisotopic (exact) mass is 251 g/mol. The zero-order valence-corrected chi connectivity index (χ0v) is 12.0. The molecule has 1 aromatic heterocycles. The van der Waals surface area contributed by atoms with Gasteiger partial charge in [0, 0.05) is 37.5 Å². The molecule has 2 rings (SSSR count). The quantitative estimate of drug-likeness (QED) is 0.811. The molecular weight excluding hydrogens is 226 g/mol. The summed E-state index contributed by atoms with van der Waals surface area (Å²) in [5.74, 6) is 0. The smallest absolute Gasteiger partial charge is 0.0644 e. The highest BCUT2D eigenvalue weighted by Gasteiger charge is 2.41. The lowest BCUT2D eigenvalue weighted by Gasteiger charge is -2.20. The van der Waals surface area contributed by atoms with Gasteiger partial charge in [0.25, 0.3) is 0 Å². The van der Waals surface area contributed by atoms with Crippen LogP contribution in [0.3, 0.4) is 0 Å². The van der Waals surface area contributed by atoms with E-state index in [1.807, 2.05) is 11.7 Å². The molecule has 1 aromatic rings. The minimum atomic E-state index is 0.307. The van der Waals surface area contributed by atoms with E-state index in [9.17, 15) is 0 Å². The summed E-state index contributed by atoms with van der Waals surface area (Å²) in [5.41, 5.74) is 4.03. The van der Waals surface area contributed by atoms with Crippen molar-refractivity contribution in [3.8, 4) is 0 Å². The summed E-state index contributed by atoms with van der Waals surface area (Å²) in [4.78, 5) is 0. The van der Waals surface area contributed by atoms with Crippen molar-refractivity contribution in [3.63, 3.8) is 0 Å². The molecule has 2 N–H and O–H groups in total. The van der Waals surface area contributed by atoms with Gasteiger partial charge in [-0.05, 0) is 45.4 Å². The third-order valence-electron chi connectivity index (χ3n) is 4.38. The molecule has 0 aromatic carbocycles. The molecule has 4 nitrogen and oxygen atoms in total. The Hall–Kier alpha value is -0.870. The molecular formula is C14H25N3O. The summed E-state index contributed by atoms with van der Waals surface area (Å²) >= 11 is 0. The third-order valence-corrected chi connectivity index (χ3v) is 4.38. The number of aliphatic hydroxyl groups is 1. The van der Waals surface area contributed by atoms with Crippen LogP contribution in [-0.4, -0.2) is 28.0 Å². The van der Waals surface area contributed by atoms with Crippen LogP contribution >= 0.6 is 0 Å². The van der Waals surface area contributed by atoms with Crippen LogP contribution in [-0.2, 0) is 7.05 Å². The van der Waals surface area contributed by atoms with Crippen molar-refractivity contribution in [2.45, 2.75) is 46.1 Å². The van der Waals surface area contributed by atoms with Crippen molar-refractivity contribution in [2.24, 2.45) is 12.5 Å². The Balaban J connectivity index is 1.98. The maximum Gasteiger partial charge on any atom is 0.0644 e. The van der Waals surface area contributed by atoms with Gasteiger partial charge >= 0.3 is 0 Å². The summed E-state index contributed by atoms with van der Waals surface area (Å²) in [6, 6.07) is 0.329. The van der Waals surface area contributed by atoms with E-state index in [4.69, 9.17) is 5.11 Å². The molecule has 1 fully saturated rings. The van der Waals surface area contributed by atoms with Crippen LogP contribution in [0.25, 0.3) is 0 Å². The standard InChI is InChI=1S/C14H25N3O/c1-10(13-11(2)16-17(4)12(13)3)15-9-14(5-6-14)7-8-18/h10,15,18H,5-9H2,1-4H3. The van der Waals surface area contributed by atoms with Gasteiger partial charge in [-0.1, -0.05) is 0 Å². The average molecular weight is 251 g/mol. The number of nitrogens with zero attached hydrogens (tertiary/aromatic N) is 2. The van der Waals surface area contributed by atoms with Crippen molar-refractivity contribution in [1.82, 2.24) is 15.1 Å². The van der Waals surface area contributed by atoms with Gasteiger partial charge in [-0.2, -0.15) is 5.10 Å². The van der Waals surface area contributed by atoms with Gasteiger partial charge < -0.3 is 10.4 Å². The van der Waals surface area contributed by atoms with E-state index < -0.39 is 0 Å². The van der Waals surface area contributed by atoms with Crippen LogP contribution in [0.5, 0.6) is 0 Å². The lowest BCUT2D eigenvalue weighted by atomic mass is 10.0. The van der Waals surface area contributed by atoms with Gasteiger partial charge in [0.1, 0.15) is 0 Å². The molecule has 1 unspecified atom stereocenters. The molecule has 0 amide bonds. The molecule has 0 saturated heterocycles. The lowest BCUT2D eigenvalue weighted by molar-refractivity contribution is 0.243. The first-order valence-electron chi connectivity index (χ1n) is 6.83. The zero-order valence-electron chi connectivity index (χ0n) is 12.0. The van der Waals surface area contributed by atoms with Crippen molar-refractivity contribution >= 4 is 0 Å². The van der Waals surface area contributed by atoms with E-state index in [0.717, 1.165) is 18.7 Å². The highest BCUT2D eigenvalue weighted by atomic mass is 16.3. The van der Waals surface area contributed by atoms with E-state index in [0.29, 0.717) is 18.1 Å². The number of nitrogens with one attached hydrogen (secondary N) is 1. The molecule has 1 heterocycles. The normalized spacial score (nSPS) is 18.9. The Kier molecular flexibility index (Phi) is 3.78. The molecule has 18 heavy (non-hydrogen) atoms. The number of hydrogen-bond acceptors (Lipinski definition) is 3. The molecule has 1 aliphatic rings. The Morgan fingerprint density at radius 2 is 2.11 bits per heavy atom. The van der Waals surface area contributed by atoms with Gasteiger partial charge in [-0.3, -0.25) is 4.68 Å². The number of aliphatic hydroxyl groups excluding tert-OH is 1. The summed E-state index contributed by atoms with van der Waals surface area (Å²) in [7, 11) is 1.99. The summed E-state index contributed by atoms with van der Waals surface area (Å²) in [6.07, 6.45) is 3.42. The highest BCUT2D eigenvalue weighted by molar-refractivity contribution is 5.27. The molecule has 0 bridgehead atoms. The Labute approximate surface area is 109 Å². The van der Waals surface area contributed by atoms with Gasteiger partial charge in [-0.15, -0.1) is 0 Å². The first kappa shape index (κ1) is 13.6. The number of hydrogen-bond donors (Lipinski definition) is 2. The fourth-order valence-corrected chi connectivity index (χ4v) is 2.82.